The molecule has 2 aromatic carbocycles. The molecular weight excluding hydrogens is 470 g/mol. The number of esters is 1. The number of Topliss-reactive ketones (excluding diaryl/α,β-unsaturated/α-hetero) is 1. The van der Waals surface area contributed by atoms with E-state index in [0.29, 0.717) is 26.1 Å². The molecule has 0 aliphatic rings. The monoisotopic (exact) mass is 505 g/mol. The van der Waals surface area contributed by atoms with E-state index in [1.54, 1.807) is 13.0 Å². The van der Waals surface area contributed by atoms with Gasteiger partial charge in [0.1, 0.15) is 5.78 Å². The number of ether oxygens (including phenoxy) is 1. The Morgan fingerprint density at radius 2 is 1.62 bits per heavy atom. The van der Waals surface area contributed by atoms with Crippen molar-refractivity contribution in [1.82, 2.24) is 15.1 Å². The lowest BCUT2D eigenvalue weighted by atomic mass is 10.1. The Morgan fingerprint density at radius 1 is 0.919 bits per heavy atom. The van der Waals surface area contributed by atoms with Crippen LogP contribution < -0.4 is 10.9 Å². The quantitative estimate of drug-likeness (QED) is 0.421. The number of hydrogen-bond acceptors (Lipinski definition) is 6. The average Bonchev–Trinajstić information content (AvgIpc) is 2.85. The van der Waals surface area contributed by atoms with Crippen LogP contribution in [0.25, 0.3) is 0 Å². The van der Waals surface area contributed by atoms with Gasteiger partial charge in [-0.1, -0.05) is 54.1 Å². The van der Waals surface area contributed by atoms with Crippen molar-refractivity contribution in [2.24, 2.45) is 0 Å². The van der Waals surface area contributed by atoms with E-state index in [0.717, 1.165) is 22.4 Å². The van der Waals surface area contributed by atoms with Crippen LogP contribution in [0.2, 0.25) is 0 Å². The smallest absolute Gasteiger partial charge is 0.310 e. The lowest BCUT2D eigenvalue weighted by molar-refractivity contribution is -0.142. The van der Waals surface area contributed by atoms with E-state index in [1.807, 2.05) is 62.4 Å². The summed E-state index contributed by atoms with van der Waals surface area (Å²) in [6, 6.07) is 18.7. The second kappa shape index (κ2) is 15.1. The molecule has 0 aliphatic carbocycles. The highest BCUT2D eigenvalue weighted by Crippen LogP contribution is 2.08. The number of ketones is 1. The van der Waals surface area contributed by atoms with Gasteiger partial charge in [0.25, 0.3) is 5.56 Å². The highest BCUT2D eigenvalue weighted by atomic mass is 16.5. The van der Waals surface area contributed by atoms with Crippen LogP contribution in [0.1, 0.15) is 54.6 Å². The van der Waals surface area contributed by atoms with Crippen molar-refractivity contribution in [3.8, 4) is 0 Å². The summed E-state index contributed by atoms with van der Waals surface area (Å²) in [4.78, 5) is 45.2. The molecule has 0 atom stereocenters. The van der Waals surface area contributed by atoms with E-state index < -0.39 is 0 Å². The van der Waals surface area contributed by atoms with Gasteiger partial charge in [-0.15, -0.1) is 0 Å². The molecule has 0 saturated heterocycles. The van der Waals surface area contributed by atoms with Crippen LogP contribution in [-0.2, 0) is 38.6 Å². The van der Waals surface area contributed by atoms with Crippen molar-refractivity contribution < 1.29 is 19.1 Å². The minimum Gasteiger partial charge on any atom is -0.466 e. The number of aryl methyl sites for hydroxylation is 2. The molecule has 8 heteroatoms. The van der Waals surface area contributed by atoms with E-state index in [9.17, 15) is 19.2 Å². The van der Waals surface area contributed by atoms with Crippen LogP contribution in [-0.4, -0.2) is 34.0 Å². The van der Waals surface area contributed by atoms with Crippen molar-refractivity contribution in [3.05, 3.63) is 99.0 Å². The zero-order valence-corrected chi connectivity index (χ0v) is 22.0. The summed E-state index contributed by atoms with van der Waals surface area (Å²) in [6.45, 7) is 8.43. The van der Waals surface area contributed by atoms with E-state index in [-0.39, 0.29) is 36.1 Å². The van der Waals surface area contributed by atoms with Gasteiger partial charge in [-0.2, -0.15) is 5.10 Å². The second-order valence-electron chi connectivity index (χ2n) is 8.74. The van der Waals surface area contributed by atoms with Crippen LogP contribution >= 0.6 is 0 Å². The fourth-order valence-corrected chi connectivity index (χ4v) is 3.34. The molecule has 1 amide bonds. The number of carbonyl (C=O) groups excluding carboxylic acids is 3. The van der Waals surface area contributed by atoms with Crippen LogP contribution in [0.15, 0.2) is 65.5 Å². The van der Waals surface area contributed by atoms with Gasteiger partial charge in [-0.25, -0.2) is 4.68 Å². The van der Waals surface area contributed by atoms with E-state index in [4.69, 9.17) is 4.74 Å². The molecule has 0 bridgehead atoms. The third-order valence-electron chi connectivity index (χ3n) is 5.29. The molecule has 0 radical (unpaired) electrons. The predicted molar refractivity (Wildman–Crippen MR) is 142 cm³/mol. The van der Waals surface area contributed by atoms with Crippen LogP contribution in [0.4, 0.5) is 0 Å². The minimum atomic E-state index is -0.250. The van der Waals surface area contributed by atoms with E-state index >= 15 is 0 Å². The summed E-state index contributed by atoms with van der Waals surface area (Å²) in [7, 11) is 0. The molecule has 0 aliphatic heterocycles. The molecule has 3 aromatic rings. The Balaban J connectivity index is 0.000000271. The largest absolute Gasteiger partial charge is 0.466 e. The van der Waals surface area contributed by atoms with Crippen LogP contribution in [0, 0.1) is 13.8 Å². The van der Waals surface area contributed by atoms with E-state index in [2.05, 4.69) is 10.4 Å². The van der Waals surface area contributed by atoms with Crippen LogP contribution in [0.5, 0.6) is 0 Å². The number of nitrogens with zero attached hydrogens (tertiary/aromatic N) is 2. The molecule has 1 N–H and O–H groups in total. The Hall–Kier alpha value is -4.07. The Bertz CT molecular complexity index is 1250. The highest BCUT2D eigenvalue weighted by Gasteiger charge is 2.06. The summed E-state index contributed by atoms with van der Waals surface area (Å²) < 4.78 is 6.35. The normalized spacial score (nSPS) is 10.2. The fourth-order valence-electron chi connectivity index (χ4n) is 3.34. The van der Waals surface area contributed by atoms with Gasteiger partial charge in [-0.05, 0) is 50.5 Å². The Labute approximate surface area is 217 Å². The number of hydrogen-bond donors (Lipinski definition) is 1. The van der Waals surface area contributed by atoms with Crippen molar-refractivity contribution in [1.29, 1.82) is 0 Å². The molecule has 196 valence electrons. The number of amides is 1. The average molecular weight is 506 g/mol. The third-order valence-corrected chi connectivity index (χ3v) is 5.29. The zero-order valence-electron chi connectivity index (χ0n) is 22.0. The first-order valence-corrected chi connectivity index (χ1v) is 12.3. The number of benzene rings is 2. The summed E-state index contributed by atoms with van der Waals surface area (Å²) >= 11 is 0. The molecular formula is C29H35N3O5. The first-order valence-electron chi connectivity index (χ1n) is 12.3. The van der Waals surface area contributed by atoms with Gasteiger partial charge >= 0.3 is 5.97 Å². The fraction of sp³-hybridized carbons (Fsp3) is 0.345. The number of carbonyl (C=O) groups is 3. The lowest BCUT2D eigenvalue weighted by Gasteiger charge is -2.07. The highest BCUT2D eigenvalue weighted by molar-refractivity contribution is 5.83. The van der Waals surface area contributed by atoms with E-state index in [1.165, 1.54) is 23.2 Å². The number of nitrogens with one attached hydrogen (secondary N) is 1. The van der Waals surface area contributed by atoms with Gasteiger partial charge < -0.3 is 14.8 Å². The van der Waals surface area contributed by atoms with Crippen molar-refractivity contribution >= 4 is 17.7 Å². The predicted octanol–water partition coefficient (Wildman–Crippen LogP) is 3.69. The molecule has 0 saturated carbocycles. The van der Waals surface area contributed by atoms with Gasteiger partial charge in [0, 0.05) is 25.5 Å². The molecule has 1 heterocycles. The van der Waals surface area contributed by atoms with Crippen LogP contribution in [0.3, 0.4) is 0 Å². The molecule has 0 fully saturated rings. The first kappa shape index (κ1) is 29.2. The maximum absolute atomic E-state index is 11.7. The summed E-state index contributed by atoms with van der Waals surface area (Å²) in [6.07, 6.45) is 0.832. The minimum absolute atomic E-state index is 0.0467. The molecule has 0 spiro atoms. The Morgan fingerprint density at radius 3 is 2.30 bits per heavy atom. The Kier molecular flexibility index (Phi) is 11.9. The zero-order chi connectivity index (χ0) is 27.2. The topological polar surface area (TPSA) is 107 Å². The number of rotatable bonds is 10. The SMILES string of the molecule is CC(=O)CCC(=O)NCc1ccc(C)cc1.CCOC(=O)Cc1cccc(Cn2nc(C)ccc2=O)c1. The second-order valence-corrected chi connectivity index (χ2v) is 8.74. The third kappa shape index (κ3) is 11.5. The molecule has 1 aromatic heterocycles. The van der Waals surface area contributed by atoms with Crippen molar-refractivity contribution in [3.63, 3.8) is 0 Å². The maximum atomic E-state index is 11.7. The van der Waals surface area contributed by atoms with Crippen molar-refractivity contribution in [2.75, 3.05) is 6.61 Å². The molecule has 37 heavy (non-hydrogen) atoms. The molecule has 0 unspecified atom stereocenters. The maximum Gasteiger partial charge on any atom is 0.310 e. The van der Waals surface area contributed by atoms with Gasteiger partial charge in [0.2, 0.25) is 5.91 Å². The number of aromatic nitrogens is 2. The molecule has 8 nitrogen and oxygen atoms in total. The summed E-state index contributed by atoms with van der Waals surface area (Å²) in [5, 5.41) is 6.98. The molecule has 3 rings (SSSR count). The summed E-state index contributed by atoms with van der Waals surface area (Å²) in [5.74, 6) is -0.276. The van der Waals surface area contributed by atoms with Gasteiger partial charge in [-0.3, -0.25) is 14.4 Å². The summed E-state index contributed by atoms with van der Waals surface area (Å²) in [5.41, 5.74) is 4.71. The van der Waals surface area contributed by atoms with Crippen molar-refractivity contribution in [2.45, 2.75) is 60.0 Å². The first-order chi connectivity index (χ1) is 17.7. The van der Waals surface area contributed by atoms with Gasteiger partial charge in [0.15, 0.2) is 0 Å². The standard InChI is InChI=1S/C16H18N2O3.C13H17NO2/c1-3-21-16(20)10-13-5-4-6-14(9-13)11-18-15(19)8-7-12(2)17-18;1-10-3-6-12(7-4-10)9-14-13(16)8-5-11(2)15/h4-9H,3,10-11H2,1-2H3;3-4,6-7H,5,8-9H2,1-2H3,(H,14,16). The van der Waals surface area contributed by atoms with Gasteiger partial charge in [0.05, 0.1) is 25.3 Å². The lowest BCUT2D eigenvalue weighted by Crippen LogP contribution is -2.23.